The van der Waals surface area contributed by atoms with Gasteiger partial charge in [0.15, 0.2) is 12.4 Å². The number of amides is 1. The molecule has 35 heavy (non-hydrogen) atoms. The number of benzene rings is 2. The molecule has 184 valence electrons. The number of esters is 1. The van der Waals surface area contributed by atoms with E-state index in [1.807, 2.05) is 6.07 Å². The lowest BCUT2D eigenvalue weighted by Crippen LogP contribution is -2.57. The molecule has 2 aromatic rings. The van der Waals surface area contributed by atoms with Gasteiger partial charge in [0.1, 0.15) is 0 Å². The van der Waals surface area contributed by atoms with Crippen molar-refractivity contribution in [3.63, 3.8) is 0 Å². The molecule has 4 aliphatic rings. The van der Waals surface area contributed by atoms with E-state index >= 15 is 0 Å². The Morgan fingerprint density at radius 1 is 1.11 bits per heavy atom. The molecule has 2 aromatic carbocycles. The molecule has 6 rings (SSSR count). The third-order valence-electron chi connectivity index (χ3n) is 8.21. The first-order chi connectivity index (χ1) is 16.7. The van der Waals surface area contributed by atoms with E-state index in [1.54, 1.807) is 6.92 Å². The lowest BCUT2D eigenvalue weighted by molar-refractivity contribution is -0.385. The number of ether oxygens (including phenoxy) is 2. The van der Waals surface area contributed by atoms with Gasteiger partial charge in [-0.2, -0.15) is 0 Å². The third kappa shape index (κ3) is 4.15. The predicted octanol–water partition coefficient (Wildman–Crippen LogP) is 4.93. The second kappa shape index (κ2) is 8.66. The fourth-order valence-corrected chi connectivity index (χ4v) is 7.21. The van der Waals surface area contributed by atoms with Crippen LogP contribution in [-0.4, -0.2) is 30.5 Å². The molecular formula is C27H30N2O6. The van der Waals surface area contributed by atoms with E-state index in [4.69, 9.17) is 9.47 Å². The first kappa shape index (κ1) is 23.3. The minimum atomic E-state index is -0.535. The van der Waals surface area contributed by atoms with E-state index in [-0.39, 0.29) is 22.8 Å². The van der Waals surface area contributed by atoms with Crippen molar-refractivity contribution in [1.29, 1.82) is 0 Å². The molecule has 0 spiro atoms. The van der Waals surface area contributed by atoms with E-state index in [0.29, 0.717) is 23.1 Å². The van der Waals surface area contributed by atoms with Gasteiger partial charge in [-0.15, -0.1) is 0 Å². The molecule has 2 atom stereocenters. The van der Waals surface area contributed by atoms with Crippen molar-refractivity contribution in [2.75, 3.05) is 19.0 Å². The molecule has 0 radical (unpaired) electrons. The molecule has 1 N–H and O–H groups in total. The molecule has 0 saturated heterocycles. The minimum absolute atomic E-state index is 0.0129. The molecule has 4 aliphatic carbocycles. The Hall–Kier alpha value is -3.42. The van der Waals surface area contributed by atoms with Gasteiger partial charge in [0, 0.05) is 17.8 Å². The summed E-state index contributed by atoms with van der Waals surface area (Å²) in [6.07, 6.45) is 5.84. The standard InChI is InChI=1S/C27H30N2O6/c1-17-8-22(29(32)33)23(34-2)10-21(17)28-24(30)15-35-25(31)27-13-18-9-19(14-27)12-26(11-18,16-27)20-6-4-3-5-7-20/h3-8,10,18-19H,9,11-16H2,1-2H3,(H,28,30)/t18-,19-,26?,27?/m1/s1. The Labute approximate surface area is 204 Å². The van der Waals surface area contributed by atoms with Gasteiger partial charge >= 0.3 is 11.7 Å². The summed E-state index contributed by atoms with van der Waals surface area (Å²) < 4.78 is 10.7. The highest BCUT2D eigenvalue weighted by Crippen LogP contribution is 2.66. The molecule has 0 unspecified atom stereocenters. The predicted molar refractivity (Wildman–Crippen MR) is 129 cm³/mol. The molecular weight excluding hydrogens is 448 g/mol. The Balaban J connectivity index is 1.28. The van der Waals surface area contributed by atoms with Crippen LogP contribution in [0.25, 0.3) is 0 Å². The molecule has 4 fully saturated rings. The van der Waals surface area contributed by atoms with Crippen LogP contribution in [-0.2, 0) is 19.7 Å². The monoisotopic (exact) mass is 478 g/mol. The number of anilines is 1. The number of carbonyl (C=O) groups excluding carboxylic acids is 2. The Bertz CT molecular complexity index is 1160. The van der Waals surface area contributed by atoms with Crippen LogP contribution in [0.2, 0.25) is 0 Å². The van der Waals surface area contributed by atoms with Crippen molar-refractivity contribution in [2.45, 2.75) is 50.9 Å². The summed E-state index contributed by atoms with van der Waals surface area (Å²) in [5, 5.41) is 13.9. The second-order valence-electron chi connectivity index (χ2n) is 10.6. The van der Waals surface area contributed by atoms with E-state index in [0.717, 1.165) is 32.1 Å². The van der Waals surface area contributed by atoms with Gasteiger partial charge in [0.05, 0.1) is 17.4 Å². The minimum Gasteiger partial charge on any atom is -0.490 e. The maximum absolute atomic E-state index is 13.4. The van der Waals surface area contributed by atoms with Crippen LogP contribution < -0.4 is 10.1 Å². The zero-order chi connectivity index (χ0) is 24.8. The lowest BCUT2D eigenvalue weighted by Gasteiger charge is -2.61. The zero-order valence-electron chi connectivity index (χ0n) is 20.0. The number of hydrogen-bond acceptors (Lipinski definition) is 6. The number of aryl methyl sites for hydroxylation is 1. The Kier molecular flexibility index (Phi) is 5.77. The van der Waals surface area contributed by atoms with Crippen molar-refractivity contribution >= 4 is 23.3 Å². The van der Waals surface area contributed by atoms with Crippen LogP contribution in [0.4, 0.5) is 11.4 Å². The zero-order valence-corrected chi connectivity index (χ0v) is 20.0. The fraction of sp³-hybridized carbons (Fsp3) is 0.481. The van der Waals surface area contributed by atoms with E-state index in [9.17, 15) is 19.7 Å². The van der Waals surface area contributed by atoms with Gasteiger partial charge in [0.25, 0.3) is 5.91 Å². The van der Waals surface area contributed by atoms with Crippen LogP contribution >= 0.6 is 0 Å². The first-order valence-electron chi connectivity index (χ1n) is 12.1. The number of nitrogens with zero attached hydrogens (tertiary/aromatic N) is 1. The number of rotatable bonds is 7. The van der Waals surface area contributed by atoms with Crippen molar-refractivity contribution in [3.05, 3.63) is 63.7 Å². The van der Waals surface area contributed by atoms with Crippen molar-refractivity contribution in [1.82, 2.24) is 0 Å². The highest BCUT2D eigenvalue weighted by Gasteiger charge is 2.61. The SMILES string of the molecule is COc1cc(NC(=O)COC(=O)C23C[C@@H]4C[C@@H](C2)CC(c2ccccc2)(C4)C3)c(C)cc1[N+](=O)[O-]. The van der Waals surface area contributed by atoms with Crippen molar-refractivity contribution in [2.24, 2.45) is 17.3 Å². The molecule has 0 aromatic heterocycles. The number of nitro benzene ring substituents is 1. The van der Waals surface area contributed by atoms with Crippen LogP contribution in [0, 0.1) is 34.3 Å². The number of nitro groups is 1. The number of hydrogen-bond donors (Lipinski definition) is 1. The van der Waals surface area contributed by atoms with Gasteiger partial charge in [-0.3, -0.25) is 19.7 Å². The molecule has 4 bridgehead atoms. The van der Waals surface area contributed by atoms with Crippen LogP contribution in [0.3, 0.4) is 0 Å². The number of nitrogens with one attached hydrogen (secondary N) is 1. The van der Waals surface area contributed by atoms with Gasteiger partial charge in [-0.05, 0) is 73.8 Å². The van der Waals surface area contributed by atoms with Crippen molar-refractivity contribution in [3.8, 4) is 5.75 Å². The molecule has 4 saturated carbocycles. The van der Waals surface area contributed by atoms with Gasteiger partial charge in [-0.25, -0.2) is 0 Å². The van der Waals surface area contributed by atoms with Crippen molar-refractivity contribution < 1.29 is 24.0 Å². The van der Waals surface area contributed by atoms with Gasteiger partial charge in [0.2, 0.25) is 0 Å². The largest absolute Gasteiger partial charge is 0.490 e. The average molecular weight is 479 g/mol. The normalized spacial score (nSPS) is 28.4. The summed E-state index contributed by atoms with van der Waals surface area (Å²) in [6.45, 7) is 1.26. The Morgan fingerprint density at radius 2 is 1.80 bits per heavy atom. The highest BCUT2D eigenvalue weighted by molar-refractivity contribution is 5.94. The second-order valence-corrected chi connectivity index (χ2v) is 10.6. The molecule has 0 aliphatic heterocycles. The summed E-state index contributed by atoms with van der Waals surface area (Å²) in [4.78, 5) is 36.7. The maximum Gasteiger partial charge on any atom is 0.312 e. The summed E-state index contributed by atoms with van der Waals surface area (Å²) in [5.74, 6) is 0.300. The number of carbonyl (C=O) groups is 2. The first-order valence-corrected chi connectivity index (χ1v) is 12.1. The van der Waals surface area contributed by atoms with Crippen LogP contribution in [0.1, 0.15) is 49.7 Å². The quantitative estimate of drug-likeness (QED) is 0.343. The summed E-state index contributed by atoms with van der Waals surface area (Å²) in [5.41, 5.74) is 1.51. The number of methoxy groups -OCH3 is 1. The van der Waals surface area contributed by atoms with E-state index in [1.165, 1.54) is 31.2 Å². The highest BCUT2D eigenvalue weighted by atomic mass is 16.6. The van der Waals surface area contributed by atoms with Gasteiger partial charge in [-0.1, -0.05) is 30.3 Å². The lowest BCUT2D eigenvalue weighted by atomic mass is 9.43. The average Bonchev–Trinajstić information content (AvgIpc) is 2.83. The summed E-state index contributed by atoms with van der Waals surface area (Å²) in [7, 11) is 1.33. The molecule has 1 amide bonds. The molecule has 0 heterocycles. The van der Waals surface area contributed by atoms with Crippen LogP contribution in [0.15, 0.2) is 42.5 Å². The summed E-state index contributed by atoms with van der Waals surface area (Å²) in [6, 6.07) is 13.3. The van der Waals surface area contributed by atoms with Gasteiger partial charge < -0.3 is 14.8 Å². The van der Waals surface area contributed by atoms with E-state index < -0.39 is 22.9 Å². The fourth-order valence-electron chi connectivity index (χ4n) is 7.21. The summed E-state index contributed by atoms with van der Waals surface area (Å²) >= 11 is 0. The topological polar surface area (TPSA) is 108 Å². The third-order valence-corrected chi connectivity index (χ3v) is 8.21. The smallest absolute Gasteiger partial charge is 0.312 e. The Morgan fingerprint density at radius 3 is 2.43 bits per heavy atom. The molecule has 8 nitrogen and oxygen atoms in total. The molecule has 8 heteroatoms. The van der Waals surface area contributed by atoms with E-state index in [2.05, 4.69) is 29.6 Å². The maximum atomic E-state index is 13.4. The van der Waals surface area contributed by atoms with Crippen LogP contribution in [0.5, 0.6) is 5.75 Å².